The molecule has 1 fully saturated rings. The average molecular weight is 287 g/mol. The number of amides is 1. The van der Waals surface area contributed by atoms with E-state index < -0.39 is 0 Å². The molecule has 3 rings (SSSR count). The van der Waals surface area contributed by atoms with Crippen molar-refractivity contribution in [2.75, 3.05) is 10.6 Å². The van der Waals surface area contributed by atoms with E-state index in [1.165, 1.54) is 12.8 Å². The van der Waals surface area contributed by atoms with Gasteiger partial charge in [0, 0.05) is 28.0 Å². The number of hydrogen-bond acceptors (Lipinski definition) is 2. The molecule has 0 saturated heterocycles. The third-order valence-corrected chi connectivity index (χ3v) is 3.45. The highest BCUT2D eigenvalue weighted by Gasteiger charge is 2.20. The van der Waals surface area contributed by atoms with Gasteiger partial charge in [-0.2, -0.15) is 0 Å². The Morgan fingerprint density at radius 2 is 1.55 bits per heavy atom. The van der Waals surface area contributed by atoms with Crippen LogP contribution in [-0.4, -0.2) is 11.9 Å². The lowest BCUT2D eigenvalue weighted by molar-refractivity contribution is 0.102. The van der Waals surface area contributed by atoms with Gasteiger partial charge in [0.05, 0.1) is 0 Å². The first-order valence-electron chi connectivity index (χ1n) is 6.64. The van der Waals surface area contributed by atoms with Gasteiger partial charge in [0.15, 0.2) is 0 Å². The molecule has 2 aromatic carbocycles. The third kappa shape index (κ3) is 3.31. The Balaban J connectivity index is 1.64. The molecule has 0 atom stereocenters. The zero-order valence-corrected chi connectivity index (χ0v) is 11.7. The molecule has 0 aliphatic heterocycles. The van der Waals surface area contributed by atoms with Gasteiger partial charge in [-0.3, -0.25) is 4.79 Å². The highest BCUT2D eigenvalue weighted by molar-refractivity contribution is 6.30. The molecule has 1 aliphatic carbocycles. The molecular formula is C16H15ClN2O. The van der Waals surface area contributed by atoms with Crippen LogP contribution in [0.4, 0.5) is 11.4 Å². The molecule has 0 heterocycles. The number of rotatable bonds is 4. The Morgan fingerprint density at radius 1 is 0.950 bits per heavy atom. The van der Waals surface area contributed by atoms with Crippen LogP contribution < -0.4 is 10.6 Å². The zero-order valence-electron chi connectivity index (χ0n) is 10.9. The minimum atomic E-state index is -0.135. The second-order valence-corrected chi connectivity index (χ2v) is 5.39. The minimum absolute atomic E-state index is 0.135. The summed E-state index contributed by atoms with van der Waals surface area (Å²) >= 11 is 5.80. The molecule has 2 N–H and O–H groups in total. The van der Waals surface area contributed by atoms with E-state index >= 15 is 0 Å². The zero-order chi connectivity index (χ0) is 13.9. The van der Waals surface area contributed by atoms with Gasteiger partial charge in [-0.25, -0.2) is 0 Å². The second-order valence-electron chi connectivity index (χ2n) is 4.96. The second kappa shape index (κ2) is 5.55. The van der Waals surface area contributed by atoms with Crippen LogP contribution >= 0.6 is 11.6 Å². The maximum Gasteiger partial charge on any atom is 0.255 e. The van der Waals surface area contributed by atoms with Crippen LogP contribution in [-0.2, 0) is 0 Å². The van der Waals surface area contributed by atoms with Gasteiger partial charge < -0.3 is 10.6 Å². The van der Waals surface area contributed by atoms with Crippen LogP contribution in [0.25, 0.3) is 0 Å². The van der Waals surface area contributed by atoms with Crippen molar-refractivity contribution in [2.45, 2.75) is 18.9 Å². The first-order valence-corrected chi connectivity index (χ1v) is 7.02. The largest absolute Gasteiger partial charge is 0.382 e. The molecule has 0 unspecified atom stereocenters. The van der Waals surface area contributed by atoms with E-state index in [1.807, 2.05) is 24.3 Å². The highest BCUT2D eigenvalue weighted by atomic mass is 35.5. The lowest BCUT2D eigenvalue weighted by atomic mass is 10.2. The van der Waals surface area contributed by atoms with E-state index in [2.05, 4.69) is 10.6 Å². The number of benzene rings is 2. The van der Waals surface area contributed by atoms with E-state index in [0.717, 1.165) is 11.4 Å². The Morgan fingerprint density at radius 3 is 2.15 bits per heavy atom. The minimum Gasteiger partial charge on any atom is -0.382 e. The summed E-state index contributed by atoms with van der Waals surface area (Å²) in [6.07, 6.45) is 2.49. The summed E-state index contributed by atoms with van der Waals surface area (Å²) in [5.74, 6) is -0.135. The van der Waals surface area contributed by atoms with Gasteiger partial charge >= 0.3 is 0 Å². The van der Waals surface area contributed by atoms with Crippen molar-refractivity contribution in [2.24, 2.45) is 0 Å². The van der Waals surface area contributed by atoms with E-state index in [0.29, 0.717) is 16.6 Å². The molecule has 20 heavy (non-hydrogen) atoms. The Kier molecular flexibility index (Phi) is 3.61. The standard InChI is InChI=1S/C16H15ClN2O/c17-12-3-1-11(2-4-12)16(20)19-15-9-7-14(8-10-15)18-13-5-6-13/h1-4,7-10,13,18H,5-6H2,(H,19,20). The number of carbonyl (C=O) groups excluding carboxylic acids is 1. The SMILES string of the molecule is O=C(Nc1ccc(NC2CC2)cc1)c1ccc(Cl)cc1. The molecule has 0 aromatic heterocycles. The van der Waals surface area contributed by atoms with Gasteiger partial charge in [-0.1, -0.05) is 11.6 Å². The monoisotopic (exact) mass is 286 g/mol. The van der Waals surface area contributed by atoms with Crippen LogP contribution in [0.1, 0.15) is 23.2 Å². The topological polar surface area (TPSA) is 41.1 Å². The normalized spacial score (nSPS) is 13.8. The number of carbonyl (C=O) groups is 1. The summed E-state index contributed by atoms with van der Waals surface area (Å²) in [4.78, 5) is 12.0. The molecule has 102 valence electrons. The number of halogens is 1. The van der Waals surface area contributed by atoms with Crippen molar-refractivity contribution in [1.82, 2.24) is 0 Å². The molecule has 0 bridgehead atoms. The van der Waals surface area contributed by atoms with E-state index in [4.69, 9.17) is 11.6 Å². The van der Waals surface area contributed by atoms with Crippen LogP contribution in [0.3, 0.4) is 0 Å². The van der Waals surface area contributed by atoms with Gasteiger partial charge in [-0.15, -0.1) is 0 Å². The number of hydrogen-bond donors (Lipinski definition) is 2. The summed E-state index contributed by atoms with van der Waals surface area (Å²) in [7, 11) is 0. The summed E-state index contributed by atoms with van der Waals surface area (Å²) in [5, 5.41) is 6.89. The molecule has 3 nitrogen and oxygen atoms in total. The fourth-order valence-electron chi connectivity index (χ4n) is 1.92. The van der Waals surface area contributed by atoms with Crippen molar-refractivity contribution >= 4 is 28.9 Å². The van der Waals surface area contributed by atoms with Gasteiger partial charge in [0.25, 0.3) is 5.91 Å². The van der Waals surface area contributed by atoms with Gasteiger partial charge in [0.1, 0.15) is 0 Å². The first kappa shape index (κ1) is 13.0. The molecule has 0 radical (unpaired) electrons. The van der Waals surface area contributed by atoms with Crippen molar-refractivity contribution in [1.29, 1.82) is 0 Å². The van der Waals surface area contributed by atoms with Gasteiger partial charge in [0.2, 0.25) is 0 Å². The number of nitrogens with one attached hydrogen (secondary N) is 2. The van der Waals surface area contributed by atoms with Crippen molar-refractivity contribution in [3.63, 3.8) is 0 Å². The van der Waals surface area contributed by atoms with Crippen molar-refractivity contribution in [3.8, 4) is 0 Å². The Bertz CT molecular complexity index is 603. The Hall–Kier alpha value is -2.00. The third-order valence-electron chi connectivity index (χ3n) is 3.20. The quantitative estimate of drug-likeness (QED) is 0.886. The lowest BCUT2D eigenvalue weighted by Gasteiger charge is -2.08. The number of anilines is 2. The summed E-state index contributed by atoms with van der Waals surface area (Å²) in [6, 6.07) is 15.2. The summed E-state index contributed by atoms with van der Waals surface area (Å²) < 4.78 is 0. The maximum absolute atomic E-state index is 12.0. The van der Waals surface area contributed by atoms with Crippen LogP contribution in [0.2, 0.25) is 5.02 Å². The fraction of sp³-hybridized carbons (Fsp3) is 0.188. The predicted molar refractivity (Wildman–Crippen MR) is 82.5 cm³/mol. The fourth-order valence-corrected chi connectivity index (χ4v) is 2.04. The van der Waals surface area contributed by atoms with Crippen molar-refractivity contribution in [3.05, 3.63) is 59.1 Å². The van der Waals surface area contributed by atoms with E-state index in [-0.39, 0.29) is 5.91 Å². The average Bonchev–Trinajstić information content (AvgIpc) is 3.26. The molecule has 1 aliphatic rings. The van der Waals surface area contributed by atoms with E-state index in [9.17, 15) is 4.79 Å². The van der Waals surface area contributed by atoms with E-state index in [1.54, 1.807) is 24.3 Å². The lowest BCUT2D eigenvalue weighted by Crippen LogP contribution is -2.11. The van der Waals surface area contributed by atoms with Crippen molar-refractivity contribution < 1.29 is 4.79 Å². The molecule has 1 amide bonds. The smallest absolute Gasteiger partial charge is 0.255 e. The molecule has 1 saturated carbocycles. The first-order chi connectivity index (χ1) is 9.70. The summed E-state index contributed by atoms with van der Waals surface area (Å²) in [6.45, 7) is 0. The molecular weight excluding hydrogens is 272 g/mol. The van der Waals surface area contributed by atoms with Crippen LogP contribution in [0.15, 0.2) is 48.5 Å². The molecule has 4 heteroatoms. The Labute approximate surface area is 123 Å². The maximum atomic E-state index is 12.0. The molecule has 2 aromatic rings. The van der Waals surface area contributed by atoms with Gasteiger partial charge in [-0.05, 0) is 61.4 Å². The highest BCUT2D eigenvalue weighted by Crippen LogP contribution is 2.25. The molecule has 0 spiro atoms. The summed E-state index contributed by atoms with van der Waals surface area (Å²) in [5.41, 5.74) is 2.47. The predicted octanol–water partition coefficient (Wildman–Crippen LogP) is 4.17. The van der Waals surface area contributed by atoms with Crippen LogP contribution in [0.5, 0.6) is 0 Å². The van der Waals surface area contributed by atoms with Crippen LogP contribution in [0, 0.1) is 0 Å².